The number of anilines is 1. The van der Waals surface area contributed by atoms with Gasteiger partial charge in [0.25, 0.3) is 0 Å². The van der Waals surface area contributed by atoms with Crippen LogP contribution in [0.5, 0.6) is 0 Å². The van der Waals surface area contributed by atoms with Crippen molar-refractivity contribution >= 4 is 37.0 Å². The first kappa shape index (κ1) is 16.1. The van der Waals surface area contributed by atoms with Crippen molar-refractivity contribution in [2.24, 2.45) is 5.92 Å². The number of nitrogen functional groups attached to an aromatic ring is 1. The lowest BCUT2D eigenvalue weighted by Crippen LogP contribution is -2.27. The zero-order valence-corrected chi connectivity index (χ0v) is 14.9. The minimum absolute atomic E-state index is 0.0427. The maximum Gasteiger partial charge on any atom is 0.226 e. The highest BCUT2D eigenvalue weighted by Crippen LogP contribution is 2.48. The van der Waals surface area contributed by atoms with Gasteiger partial charge in [-0.15, -0.1) is 0 Å². The monoisotopic (exact) mass is 369 g/mol. The third-order valence-electron chi connectivity index (χ3n) is 4.64. The summed E-state index contributed by atoms with van der Waals surface area (Å²) in [5.74, 6) is -0.293. The predicted molar refractivity (Wildman–Crippen MR) is 88.2 cm³/mol. The molecule has 0 bridgehead atoms. The summed E-state index contributed by atoms with van der Waals surface area (Å²) in [7, 11) is 0.107. The Bertz CT molecular complexity index is 813. The molecule has 2 N–H and O–H groups in total. The summed E-state index contributed by atoms with van der Waals surface area (Å²) in [5.41, 5.74) is 6.97. The Kier molecular flexibility index (Phi) is 3.76. The second-order valence-electron chi connectivity index (χ2n) is 6.64. The topological polar surface area (TPSA) is 105 Å². The van der Waals surface area contributed by atoms with E-state index in [1.54, 1.807) is 6.33 Å². The van der Waals surface area contributed by atoms with Crippen molar-refractivity contribution in [2.75, 3.05) is 11.9 Å². The first-order valence-electron chi connectivity index (χ1n) is 7.70. The molecule has 3 heterocycles. The standard InChI is InChI=1S/C14H17ClN5O3P/c1-14(2)22-9-6(4-24-21)3-7(10(9)23-14)20-5-17-8-11(16)18-13(15)19-12(8)20/h5-7,9-10H,3-4H2,1-2H3,(H2,16,18,19)/t6-,7-,9?,10-/m1/s1. The van der Waals surface area contributed by atoms with Crippen LogP contribution < -0.4 is 5.73 Å². The van der Waals surface area contributed by atoms with Crippen molar-refractivity contribution in [1.82, 2.24) is 19.5 Å². The Labute approximate surface area is 144 Å². The van der Waals surface area contributed by atoms with Crippen LogP contribution in [0.3, 0.4) is 0 Å². The van der Waals surface area contributed by atoms with Gasteiger partial charge in [-0.2, -0.15) is 9.97 Å². The molecule has 1 saturated carbocycles. The van der Waals surface area contributed by atoms with Crippen LogP contribution in [-0.4, -0.2) is 43.7 Å². The zero-order valence-electron chi connectivity index (χ0n) is 13.2. The molecule has 0 aromatic carbocycles. The molecule has 0 radical (unpaired) electrons. The first-order chi connectivity index (χ1) is 11.4. The molecule has 4 atom stereocenters. The number of hydrogen-bond acceptors (Lipinski definition) is 7. The van der Waals surface area contributed by atoms with Crippen LogP contribution in [0.2, 0.25) is 5.28 Å². The molecule has 10 heteroatoms. The van der Waals surface area contributed by atoms with E-state index in [-0.39, 0.29) is 43.7 Å². The number of halogens is 1. The molecule has 2 aliphatic rings. The average molecular weight is 370 g/mol. The van der Waals surface area contributed by atoms with Gasteiger partial charge in [0.05, 0.1) is 18.5 Å². The fourth-order valence-electron chi connectivity index (χ4n) is 3.76. The molecule has 8 nitrogen and oxygen atoms in total. The molecule has 4 rings (SSSR count). The van der Waals surface area contributed by atoms with Crippen LogP contribution in [0.1, 0.15) is 26.3 Å². The number of nitrogens with zero attached hydrogens (tertiary/aromatic N) is 4. The summed E-state index contributed by atoms with van der Waals surface area (Å²) in [5, 5.41) is 0.0786. The third kappa shape index (κ3) is 2.49. The van der Waals surface area contributed by atoms with Crippen LogP contribution in [-0.2, 0) is 14.0 Å². The molecule has 1 unspecified atom stereocenters. The van der Waals surface area contributed by atoms with Crippen LogP contribution in [0, 0.1) is 5.92 Å². The summed E-state index contributed by atoms with van der Waals surface area (Å²) in [6, 6.07) is -0.0427. The first-order valence-corrected chi connectivity index (χ1v) is 9.07. The van der Waals surface area contributed by atoms with Gasteiger partial charge in [0.15, 0.2) is 25.7 Å². The maximum absolute atomic E-state index is 11.1. The van der Waals surface area contributed by atoms with E-state index in [9.17, 15) is 4.57 Å². The van der Waals surface area contributed by atoms with Crippen molar-refractivity contribution in [3.05, 3.63) is 11.6 Å². The summed E-state index contributed by atoms with van der Waals surface area (Å²) in [6.07, 6.45) is 2.69. The SMILES string of the molecule is CC1(C)OC2[C@@H](CP=O)C[C@@H](n3cnc4c(N)nc(Cl)nc43)[C@H]2O1. The Balaban J connectivity index is 1.77. The summed E-state index contributed by atoms with van der Waals surface area (Å²) < 4.78 is 25.2. The van der Waals surface area contributed by atoms with Crippen LogP contribution in [0.15, 0.2) is 6.33 Å². The fraction of sp³-hybridized carbons (Fsp3) is 0.643. The molecule has 1 saturated heterocycles. The average Bonchev–Trinajstić information content (AvgIpc) is 3.12. The Morgan fingerprint density at radius 1 is 1.42 bits per heavy atom. The molecule has 2 aromatic rings. The molecule has 0 spiro atoms. The van der Waals surface area contributed by atoms with Gasteiger partial charge in [-0.25, -0.2) is 4.98 Å². The predicted octanol–water partition coefficient (Wildman–Crippen LogP) is 2.43. The van der Waals surface area contributed by atoms with Gasteiger partial charge in [0.2, 0.25) is 5.28 Å². The summed E-state index contributed by atoms with van der Waals surface area (Å²) >= 11 is 5.95. The van der Waals surface area contributed by atoms with E-state index in [2.05, 4.69) is 15.0 Å². The van der Waals surface area contributed by atoms with E-state index in [4.69, 9.17) is 26.8 Å². The molecule has 0 amide bonds. The molecule has 128 valence electrons. The van der Waals surface area contributed by atoms with E-state index in [1.807, 2.05) is 18.4 Å². The molecular formula is C14H17ClN5O3P. The van der Waals surface area contributed by atoms with Crippen molar-refractivity contribution in [3.63, 3.8) is 0 Å². The number of rotatable bonds is 3. The highest BCUT2D eigenvalue weighted by molar-refractivity contribution is 7.23. The largest absolute Gasteiger partial charge is 0.382 e. The second kappa shape index (κ2) is 5.59. The van der Waals surface area contributed by atoms with Gasteiger partial charge < -0.3 is 19.8 Å². The van der Waals surface area contributed by atoms with E-state index < -0.39 is 5.79 Å². The number of aromatic nitrogens is 4. The normalized spacial score (nSPS) is 31.8. The Hall–Kier alpha value is -1.34. The quantitative estimate of drug-likeness (QED) is 0.654. The van der Waals surface area contributed by atoms with Crippen molar-refractivity contribution in [3.8, 4) is 0 Å². The summed E-state index contributed by atoms with van der Waals surface area (Å²) in [4.78, 5) is 12.5. The minimum atomic E-state index is -0.673. The molecule has 2 aromatic heterocycles. The fourth-order valence-corrected chi connectivity index (χ4v) is 4.48. The zero-order chi connectivity index (χ0) is 17.1. The van der Waals surface area contributed by atoms with Crippen molar-refractivity contribution in [1.29, 1.82) is 0 Å². The highest BCUT2D eigenvalue weighted by atomic mass is 35.5. The van der Waals surface area contributed by atoms with E-state index in [1.165, 1.54) is 0 Å². The second-order valence-corrected chi connectivity index (χ2v) is 7.60. The van der Waals surface area contributed by atoms with Gasteiger partial charge in [-0.3, -0.25) is 4.57 Å². The number of nitrogens with two attached hydrogens (primary N) is 1. The van der Waals surface area contributed by atoms with E-state index in [0.29, 0.717) is 17.3 Å². The number of hydrogen-bond donors (Lipinski definition) is 1. The maximum atomic E-state index is 11.1. The lowest BCUT2D eigenvalue weighted by molar-refractivity contribution is -0.159. The third-order valence-corrected chi connectivity index (χ3v) is 5.43. The van der Waals surface area contributed by atoms with Gasteiger partial charge in [0.1, 0.15) is 11.6 Å². The molecule has 1 aliphatic heterocycles. The van der Waals surface area contributed by atoms with Crippen molar-refractivity contribution in [2.45, 2.75) is 44.3 Å². The minimum Gasteiger partial charge on any atom is -0.382 e. The highest BCUT2D eigenvalue weighted by Gasteiger charge is 2.54. The van der Waals surface area contributed by atoms with Gasteiger partial charge >= 0.3 is 0 Å². The van der Waals surface area contributed by atoms with Crippen LogP contribution in [0.25, 0.3) is 11.2 Å². The Morgan fingerprint density at radius 2 is 2.17 bits per heavy atom. The number of imidazole rings is 1. The van der Waals surface area contributed by atoms with Crippen LogP contribution >= 0.6 is 20.1 Å². The lowest BCUT2D eigenvalue weighted by Gasteiger charge is -2.23. The van der Waals surface area contributed by atoms with Gasteiger partial charge in [0, 0.05) is 12.1 Å². The number of ether oxygens (including phenoxy) is 2. The lowest BCUT2D eigenvalue weighted by atomic mass is 10.1. The van der Waals surface area contributed by atoms with E-state index in [0.717, 1.165) is 6.42 Å². The smallest absolute Gasteiger partial charge is 0.226 e. The molecule has 1 aliphatic carbocycles. The summed E-state index contributed by atoms with van der Waals surface area (Å²) in [6.45, 7) is 3.77. The van der Waals surface area contributed by atoms with Crippen molar-refractivity contribution < 1.29 is 14.0 Å². The molecular weight excluding hydrogens is 353 g/mol. The van der Waals surface area contributed by atoms with Gasteiger partial charge in [-0.05, 0) is 31.9 Å². The van der Waals surface area contributed by atoms with Crippen LogP contribution in [0.4, 0.5) is 5.82 Å². The Morgan fingerprint density at radius 3 is 2.92 bits per heavy atom. The van der Waals surface area contributed by atoms with E-state index >= 15 is 0 Å². The molecule has 24 heavy (non-hydrogen) atoms. The number of fused-ring (bicyclic) bond motifs is 2. The van der Waals surface area contributed by atoms with Gasteiger partial charge in [-0.1, -0.05) is 0 Å². The molecule has 2 fully saturated rings.